The van der Waals surface area contributed by atoms with Gasteiger partial charge >= 0.3 is 0 Å². The second kappa shape index (κ2) is 3.67. The van der Waals surface area contributed by atoms with E-state index in [2.05, 4.69) is 37.4 Å². The van der Waals surface area contributed by atoms with Crippen LogP contribution in [0.2, 0.25) is 0 Å². The first-order valence-corrected chi connectivity index (χ1v) is 6.94. The van der Waals surface area contributed by atoms with Crippen LogP contribution in [0.25, 0.3) is 10.1 Å². The third-order valence-corrected chi connectivity index (χ3v) is 4.84. The lowest BCUT2D eigenvalue weighted by Crippen LogP contribution is -2.08. The van der Waals surface area contributed by atoms with Gasteiger partial charge in [0.05, 0.1) is 0 Å². The summed E-state index contributed by atoms with van der Waals surface area (Å²) in [6, 6.07) is 8.33. The minimum absolute atomic E-state index is 0.253. The average molecular weight is 244 g/mol. The molecule has 2 aromatic rings. The number of thiophene rings is 1. The highest BCUT2D eigenvalue weighted by Gasteiger charge is 2.49. The number of carbonyl (C=O) groups excluding carboxylic acids is 1. The fourth-order valence-corrected chi connectivity index (χ4v) is 3.46. The van der Waals surface area contributed by atoms with E-state index in [1.807, 2.05) is 6.07 Å². The molecule has 1 aromatic carbocycles. The molecule has 0 N–H and O–H groups in total. The van der Waals surface area contributed by atoms with Gasteiger partial charge in [-0.05, 0) is 34.2 Å². The zero-order chi connectivity index (χ0) is 12.0. The van der Waals surface area contributed by atoms with Gasteiger partial charge in [0.1, 0.15) is 5.78 Å². The first-order valence-electron chi connectivity index (χ1n) is 6.06. The van der Waals surface area contributed by atoms with Crippen molar-refractivity contribution in [2.45, 2.75) is 26.7 Å². The summed E-state index contributed by atoms with van der Waals surface area (Å²) in [5.74, 6) is 0.708. The smallest absolute Gasteiger partial charge is 0.140 e. The van der Waals surface area contributed by atoms with Crippen LogP contribution in [-0.2, 0) is 11.2 Å². The Morgan fingerprint density at radius 3 is 2.82 bits per heavy atom. The third kappa shape index (κ3) is 1.91. The molecule has 0 aliphatic heterocycles. The largest absolute Gasteiger partial charge is 0.299 e. The summed E-state index contributed by atoms with van der Waals surface area (Å²) in [7, 11) is 0. The van der Waals surface area contributed by atoms with Crippen molar-refractivity contribution < 1.29 is 4.79 Å². The van der Waals surface area contributed by atoms with E-state index in [1.165, 1.54) is 15.6 Å². The van der Waals surface area contributed by atoms with Crippen LogP contribution in [0.5, 0.6) is 0 Å². The predicted molar refractivity (Wildman–Crippen MR) is 72.4 cm³/mol. The molecular weight excluding hydrogens is 228 g/mol. The van der Waals surface area contributed by atoms with Crippen LogP contribution in [0.1, 0.15) is 25.8 Å². The van der Waals surface area contributed by atoms with Crippen LogP contribution in [0.4, 0.5) is 0 Å². The summed E-state index contributed by atoms with van der Waals surface area (Å²) in [4.78, 5) is 12.1. The normalized spacial score (nSPS) is 21.6. The van der Waals surface area contributed by atoms with E-state index in [9.17, 15) is 4.79 Å². The van der Waals surface area contributed by atoms with Crippen molar-refractivity contribution in [1.82, 2.24) is 0 Å². The van der Waals surface area contributed by atoms with E-state index in [0.717, 1.165) is 6.42 Å². The topological polar surface area (TPSA) is 17.1 Å². The van der Waals surface area contributed by atoms with E-state index < -0.39 is 0 Å². The molecule has 3 rings (SSSR count). The molecular formula is C15H16OS. The van der Waals surface area contributed by atoms with Crippen molar-refractivity contribution in [2.24, 2.45) is 11.3 Å². The first-order chi connectivity index (χ1) is 8.08. The van der Waals surface area contributed by atoms with E-state index in [4.69, 9.17) is 0 Å². The van der Waals surface area contributed by atoms with E-state index in [0.29, 0.717) is 18.1 Å². The Bertz CT molecular complexity index is 579. The number of benzene rings is 1. The van der Waals surface area contributed by atoms with E-state index in [1.54, 1.807) is 11.3 Å². The number of carbonyl (C=O) groups is 1. The molecule has 1 aliphatic rings. The summed E-state index contributed by atoms with van der Waals surface area (Å²) in [6.07, 6.45) is 1.67. The second-order valence-electron chi connectivity index (χ2n) is 5.65. The summed E-state index contributed by atoms with van der Waals surface area (Å²) in [6.45, 7) is 4.36. The van der Waals surface area contributed by atoms with Crippen LogP contribution in [0, 0.1) is 11.3 Å². The summed E-state index contributed by atoms with van der Waals surface area (Å²) < 4.78 is 1.28. The molecule has 0 saturated heterocycles. The molecule has 17 heavy (non-hydrogen) atoms. The van der Waals surface area contributed by atoms with Gasteiger partial charge < -0.3 is 0 Å². The van der Waals surface area contributed by atoms with Gasteiger partial charge in [0, 0.05) is 17.0 Å². The summed E-state index contributed by atoms with van der Waals surface area (Å²) in [5, 5.41) is 3.39. The Morgan fingerprint density at radius 2 is 2.12 bits per heavy atom. The molecule has 1 nitrogen and oxygen atoms in total. The molecule has 1 fully saturated rings. The molecule has 1 aliphatic carbocycles. The van der Waals surface area contributed by atoms with Crippen molar-refractivity contribution in [3.8, 4) is 0 Å². The maximum absolute atomic E-state index is 12.1. The lowest BCUT2D eigenvalue weighted by Gasteiger charge is -2.02. The Labute approximate surface area is 105 Å². The molecule has 88 valence electrons. The summed E-state index contributed by atoms with van der Waals surface area (Å²) in [5.41, 5.74) is 1.46. The number of hydrogen-bond donors (Lipinski definition) is 0. The Balaban J connectivity index is 1.84. The minimum Gasteiger partial charge on any atom is -0.299 e. The van der Waals surface area contributed by atoms with Crippen LogP contribution in [-0.4, -0.2) is 5.78 Å². The lowest BCUT2D eigenvalue weighted by molar-refractivity contribution is -0.120. The van der Waals surface area contributed by atoms with Crippen molar-refractivity contribution in [1.29, 1.82) is 0 Å². The van der Waals surface area contributed by atoms with Crippen molar-refractivity contribution >= 4 is 27.2 Å². The molecule has 0 bridgehead atoms. The van der Waals surface area contributed by atoms with Crippen LogP contribution < -0.4 is 0 Å². The van der Waals surface area contributed by atoms with Crippen molar-refractivity contribution in [3.63, 3.8) is 0 Å². The van der Waals surface area contributed by atoms with Gasteiger partial charge in [-0.3, -0.25) is 4.79 Å². The Kier molecular flexibility index (Phi) is 2.37. The third-order valence-electron chi connectivity index (χ3n) is 3.83. The molecule has 1 saturated carbocycles. The zero-order valence-corrected chi connectivity index (χ0v) is 11.0. The molecule has 0 amide bonds. The number of ketones is 1. The fraction of sp³-hybridized carbons (Fsp3) is 0.400. The zero-order valence-electron chi connectivity index (χ0n) is 10.2. The second-order valence-corrected chi connectivity index (χ2v) is 6.56. The SMILES string of the molecule is CC1(C)CC1C(=O)Cc1csc2ccccc12. The van der Waals surface area contributed by atoms with Gasteiger partial charge in [0.25, 0.3) is 0 Å². The molecule has 0 spiro atoms. The quantitative estimate of drug-likeness (QED) is 0.795. The fourth-order valence-electron chi connectivity index (χ4n) is 2.50. The van der Waals surface area contributed by atoms with Crippen LogP contribution >= 0.6 is 11.3 Å². The molecule has 1 unspecified atom stereocenters. The van der Waals surface area contributed by atoms with E-state index in [-0.39, 0.29) is 5.41 Å². The molecule has 0 radical (unpaired) electrons. The van der Waals surface area contributed by atoms with Crippen molar-refractivity contribution in [2.75, 3.05) is 0 Å². The number of rotatable bonds is 3. The van der Waals surface area contributed by atoms with Gasteiger partial charge in [-0.15, -0.1) is 11.3 Å². The van der Waals surface area contributed by atoms with Gasteiger partial charge in [-0.2, -0.15) is 0 Å². The van der Waals surface area contributed by atoms with Crippen molar-refractivity contribution in [3.05, 3.63) is 35.2 Å². The summed E-state index contributed by atoms with van der Waals surface area (Å²) >= 11 is 1.74. The molecule has 1 heterocycles. The van der Waals surface area contributed by atoms with Crippen LogP contribution in [0.3, 0.4) is 0 Å². The number of Topliss-reactive ketones (excluding diaryl/α,β-unsaturated/α-hetero) is 1. The predicted octanol–water partition coefficient (Wildman–Crippen LogP) is 4.06. The molecule has 1 atom stereocenters. The minimum atomic E-state index is 0.253. The van der Waals surface area contributed by atoms with Gasteiger partial charge in [-0.25, -0.2) is 0 Å². The monoisotopic (exact) mass is 244 g/mol. The lowest BCUT2D eigenvalue weighted by atomic mass is 10.0. The van der Waals surface area contributed by atoms with Gasteiger partial charge in [0.2, 0.25) is 0 Å². The van der Waals surface area contributed by atoms with Gasteiger partial charge in [-0.1, -0.05) is 32.0 Å². The van der Waals surface area contributed by atoms with Crippen LogP contribution in [0.15, 0.2) is 29.6 Å². The first kappa shape index (κ1) is 11.0. The molecule has 1 aromatic heterocycles. The molecule has 2 heteroatoms. The standard InChI is InChI=1S/C15H16OS/c1-15(2)8-12(15)13(16)7-10-9-17-14-6-4-3-5-11(10)14/h3-6,9,12H,7-8H2,1-2H3. The maximum atomic E-state index is 12.1. The van der Waals surface area contributed by atoms with E-state index >= 15 is 0 Å². The highest BCUT2D eigenvalue weighted by Crippen LogP contribution is 2.52. The highest BCUT2D eigenvalue weighted by atomic mass is 32.1. The number of fused-ring (bicyclic) bond motifs is 1. The maximum Gasteiger partial charge on any atom is 0.140 e. The average Bonchev–Trinajstić information content (AvgIpc) is 2.77. The highest BCUT2D eigenvalue weighted by molar-refractivity contribution is 7.17. The number of hydrogen-bond acceptors (Lipinski definition) is 2. The Morgan fingerprint density at radius 1 is 1.41 bits per heavy atom. The van der Waals surface area contributed by atoms with Gasteiger partial charge in [0.15, 0.2) is 0 Å². The Hall–Kier alpha value is -1.15.